The smallest absolute Gasteiger partial charge is 0.273 e. The van der Waals surface area contributed by atoms with E-state index in [1.54, 1.807) is 37.3 Å². The average Bonchev–Trinajstić information content (AvgIpc) is 3.24. The number of nitro benzene ring substituents is 1. The minimum absolute atomic E-state index is 0.0937. The normalized spacial score (nSPS) is 10.6. The fraction of sp³-hybridized carbons (Fsp3) is 0.0870. The average molecular weight is 414 g/mol. The summed E-state index contributed by atoms with van der Waals surface area (Å²) in [4.78, 5) is 23.2. The molecule has 0 saturated carbocycles. The first-order valence-electron chi connectivity index (χ1n) is 9.49. The Morgan fingerprint density at radius 3 is 2.29 bits per heavy atom. The van der Waals surface area contributed by atoms with Gasteiger partial charge in [0.15, 0.2) is 0 Å². The molecule has 154 valence electrons. The Morgan fingerprint density at radius 1 is 0.935 bits per heavy atom. The number of anilines is 1. The van der Waals surface area contributed by atoms with Gasteiger partial charge in [-0.1, -0.05) is 23.8 Å². The molecule has 3 aromatic carbocycles. The van der Waals surface area contributed by atoms with Gasteiger partial charge in [-0.3, -0.25) is 14.9 Å². The maximum absolute atomic E-state index is 12.6. The molecule has 4 rings (SSSR count). The number of aromatic nitrogens is 2. The zero-order chi connectivity index (χ0) is 22.0. The highest BCUT2D eigenvalue weighted by Gasteiger charge is 2.18. The summed E-state index contributed by atoms with van der Waals surface area (Å²) in [6.45, 7) is 3.54. The van der Waals surface area contributed by atoms with Crippen LogP contribution in [0.4, 0.5) is 11.4 Å². The molecule has 0 unspecified atom stereocenters. The summed E-state index contributed by atoms with van der Waals surface area (Å²) in [6.07, 6.45) is 0. The number of rotatable bonds is 5. The lowest BCUT2D eigenvalue weighted by Crippen LogP contribution is -2.14. The highest BCUT2D eigenvalue weighted by Crippen LogP contribution is 2.26. The lowest BCUT2D eigenvalue weighted by Gasteiger charge is -2.08. The summed E-state index contributed by atoms with van der Waals surface area (Å²) in [5.74, 6) is 0.370. The number of benzene rings is 3. The minimum Gasteiger partial charge on any atom is -0.416 e. The molecule has 1 heterocycles. The van der Waals surface area contributed by atoms with Crippen molar-refractivity contribution >= 4 is 17.3 Å². The third-order valence-electron chi connectivity index (χ3n) is 4.83. The molecule has 0 bridgehead atoms. The van der Waals surface area contributed by atoms with Crippen molar-refractivity contribution in [3.63, 3.8) is 0 Å². The standard InChI is InChI=1S/C23H18N4O4/c1-14-5-3-6-17(13-14)23-26-25-22(31-23)16-9-11-18(12-10-16)24-21(28)19-7-4-8-20(15(19)2)27(29)30/h3-13H,1-2H3,(H,24,28). The number of carbonyl (C=O) groups excluding carboxylic acids is 1. The Balaban J connectivity index is 1.51. The Kier molecular flexibility index (Phi) is 5.28. The topological polar surface area (TPSA) is 111 Å². The molecule has 0 fully saturated rings. The van der Waals surface area contributed by atoms with Crippen molar-refractivity contribution in [2.24, 2.45) is 0 Å². The second kappa shape index (κ2) is 8.19. The van der Waals surface area contributed by atoms with Crippen LogP contribution < -0.4 is 5.32 Å². The molecule has 1 amide bonds. The molecule has 8 nitrogen and oxygen atoms in total. The summed E-state index contributed by atoms with van der Waals surface area (Å²) in [5.41, 5.74) is 3.65. The summed E-state index contributed by atoms with van der Waals surface area (Å²) in [7, 11) is 0. The van der Waals surface area contributed by atoms with E-state index in [4.69, 9.17) is 4.42 Å². The number of amides is 1. The van der Waals surface area contributed by atoms with E-state index in [1.165, 1.54) is 12.1 Å². The SMILES string of the molecule is Cc1cccc(-c2nnc(-c3ccc(NC(=O)c4cccc([N+](=O)[O-])c4C)cc3)o2)c1. The van der Waals surface area contributed by atoms with Crippen LogP contribution in [-0.4, -0.2) is 21.0 Å². The van der Waals surface area contributed by atoms with Crippen LogP contribution in [0, 0.1) is 24.0 Å². The van der Waals surface area contributed by atoms with Gasteiger partial charge >= 0.3 is 0 Å². The number of aryl methyl sites for hydroxylation is 1. The van der Waals surface area contributed by atoms with E-state index in [1.807, 2.05) is 31.2 Å². The molecule has 4 aromatic rings. The van der Waals surface area contributed by atoms with Crippen molar-refractivity contribution < 1.29 is 14.1 Å². The van der Waals surface area contributed by atoms with Crippen molar-refractivity contribution in [1.29, 1.82) is 0 Å². The van der Waals surface area contributed by atoms with Crippen LogP contribution in [0.2, 0.25) is 0 Å². The van der Waals surface area contributed by atoms with Crippen molar-refractivity contribution in [3.05, 3.63) is 93.5 Å². The number of hydrogen-bond donors (Lipinski definition) is 1. The summed E-state index contributed by atoms with van der Waals surface area (Å²) >= 11 is 0. The second-order valence-electron chi connectivity index (χ2n) is 7.02. The maximum Gasteiger partial charge on any atom is 0.273 e. The third-order valence-corrected chi connectivity index (χ3v) is 4.83. The molecule has 8 heteroatoms. The first kappa shape index (κ1) is 20.0. The first-order chi connectivity index (χ1) is 14.9. The zero-order valence-corrected chi connectivity index (χ0v) is 16.8. The highest BCUT2D eigenvalue weighted by atomic mass is 16.6. The molecule has 1 aromatic heterocycles. The van der Waals surface area contributed by atoms with E-state index in [0.717, 1.165) is 11.1 Å². The van der Waals surface area contributed by atoms with Gasteiger partial charge in [0.2, 0.25) is 11.8 Å². The Hall–Kier alpha value is -4.33. The van der Waals surface area contributed by atoms with E-state index in [-0.39, 0.29) is 11.3 Å². The second-order valence-corrected chi connectivity index (χ2v) is 7.02. The van der Waals surface area contributed by atoms with Gasteiger partial charge in [-0.05, 0) is 56.3 Å². The lowest BCUT2D eigenvalue weighted by molar-refractivity contribution is -0.385. The van der Waals surface area contributed by atoms with Crippen molar-refractivity contribution in [3.8, 4) is 22.9 Å². The minimum atomic E-state index is -0.504. The van der Waals surface area contributed by atoms with Crippen LogP contribution in [0.1, 0.15) is 21.5 Å². The van der Waals surface area contributed by atoms with Crippen LogP contribution in [0.5, 0.6) is 0 Å². The van der Waals surface area contributed by atoms with Gasteiger partial charge < -0.3 is 9.73 Å². The number of carbonyl (C=O) groups is 1. The first-order valence-corrected chi connectivity index (χ1v) is 9.49. The quantitative estimate of drug-likeness (QED) is 0.356. The molecule has 0 spiro atoms. The summed E-state index contributed by atoms with van der Waals surface area (Å²) in [5, 5.41) is 22.0. The van der Waals surface area contributed by atoms with Gasteiger partial charge in [0.25, 0.3) is 11.6 Å². The largest absolute Gasteiger partial charge is 0.416 e. The van der Waals surface area contributed by atoms with Gasteiger partial charge in [0, 0.05) is 34.0 Å². The van der Waals surface area contributed by atoms with Gasteiger partial charge in [-0.15, -0.1) is 10.2 Å². The molecule has 0 aliphatic rings. The molecular formula is C23H18N4O4. The Labute approximate surface area is 177 Å². The van der Waals surface area contributed by atoms with Crippen LogP contribution in [0.3, 0.4) is 0 Å². The zero-order valence-electron chi connectivity index (χ0n) is 16.8. The highest BCUT2D eigenvalue weighted by molar-refractivity contribution is 6.05. The molecule has 1 N–H and O–H groups in total. The predicted molar refractivity (Wildman–Crippen MR) is 116 cm³/mol. The van der Waals surface area contributed by atoms with Gasteiger partial charge in [0.05, 0.1) is 4.92 Å². The van der Waals surface area contributed by atoms with E-state index in [9.17, 15) is 14.9 Å². The number of nitrogens with one attached hydrogen (secondary N) is 1. The van der Waals surface area contributed by atoms with Crippen molar-refractivity contribution in [2.45, 2.75) is 13.8 Å². The van der Waals surface area contributed by atoms with Crippen LogP contribution >= 0.6 is 0 Å². The van der Waals surface area contributed by atoms with Crippen LogP contribution in [0.15, 0.2) is 71.1 Å². The predicted octanol–water partition coefficient (Wildman–Crippen LogP) is 5.18. The van der Waals surface area contributed by atoms with E-state index in [2.05, 4.69) is 15.5 Å². The van der Waals surface area contributed by atoms with Crippen molar-refractivity contribution in [2.75, 3.05) is 5.32 Å². The van der Waals surface area contributed by atoms with Crippen LogP contribution in [0.25, 0.3) is 22.9 Å². The lowest BCUT2D eigenvalue weighted by atomic mass is 10.1. The van der Waals surface area contributed by atoms with Gasteiger partial charge in [-0.2, -0.15) is 0 Å². The summed E-state index contributed by atoms with van der Waals surface area (Å²) in [6, 6.07) is 19.1. The fourth-order valence-corrected chi connectivity index (χ4v) is 3.20. The molecule has 0 saturated heterocycles. The Morgan fingerprint density at radius 2 is 1.61 bits per heavy atom. The van der Waals surface area contributed by atoms with Crippen molar-refractivity contribution in [1.82, 2.24) is 10.2 Å². The molecule has 0 aliphatic carbocycles. The van der Waals surface area contributed by atoms with Crippen LogP contribution in [-0.2, 0) is 0 Å². The molecule has 0 atom stereocenters. The third kappa shape index (κ3) is 4.18. The molecule has 0 aliphatic heterocycles. The maximum atomic E-state index is 12.6. The molecule has 31 heavy (non-hydrogen) atoms. The van der Waals surface area contributed by atoms with E-state index >= 15 is 0 Å². The fourth-order valence-electron chi connectivity index (χ4n) is 3.20. The Bertz CT molecular complexity index is 1280. The molecular weight excluding hydrogens is 396 g/mol. The van der Waals surface area contributed by atoms with Gasteiger partial charge in [-0.25, -0.2) is 0 Å². The van der Waals surface area contributed by atoms with E-state index < -0.39 is 10.8 Å². The van der Waals surface area contributed by atoms with Gasteiger partial charge in [0.1, 0.15) is 0 Å². The van der Waals surface area contributed by atoms with E-state index in [0.29, 0.717) is 28.6 Å². The summed E-state index contributed by atoms with van der Waals surface area (Å²) < 4.78 is 5.78. The monoisotopic (exact) mass is 414 g/mol. The molecule has 0 radical (unpaired) electrons. The number of nitro groups is 1. The number of hydrogen-bond acceptors (Lipinski definition) is 6. The number of nitrogens with zero attached hydrogens (tertiary/aromatic N) is 3.